The van der Waals surface area contributed by atoms with E-state index in [2.05, 4.69) is 5.32 Å². The maximum Gasteiger partial charge on any atom is 0.454 e. The summed E-state index contributed by atoms with van der Waals surface area (Å²) in [4.78, 5) is 13.0. The first-order chi connectivity index (χ1) is 12.3. The van der Waals surface area contributed by atoms with Crippen LogP contribution in [0.4, 0.5) is 18.9 Å². The first-order valence-corrected chi connectivity index (χ1v) is 7.86. The van der Waals surface area contributed by atoms with Gasteiger partial charge in [0, 0.05) is 43.3 Å². The lowest BCUT2D eigenvalue weighted by Crippen LogP contribution is -2.21. The second-order valence-electron chi connectivity index (χ2n) is 5.78. The molecule has 2 aromatic rings. The average Bonchev–Trinajstić information content (AvgIpc) is 2.60. The molecule has 26 heavy (non-hydrogen) atoms. The van der Waals surface area contributed by atoms with Gasteiger partial charge in [0.15, 0.2) is 0 Å². The van der Waals surface area contributed by atoms with Crippen molar-refractivity contribution in [2.24, 2.45) is 0 Å². The minimum atomic E-state index is -4.92. The molecule has 0 unspecified atom stereocenters. The van der Waals surface area contributed by atoms with E-state index in [4.69, 9.17) is 0 Å². The van der Waals surface area contributed by atoms with Gasteiger partial charge in [0.05, 0.1) is 0 Å². The van der Waals surface area contributed by atoms with E-state index < -0.39 is 12.0 Å². The third kappa shape index (κ3) is 5.51. The molecule has 0 saturated carbocycles. The van der Waals surface area contributed by atoms with Crippen LogP contribution in [0.3, 0.4) is 0 Å². The molecule has 136 valence electrons. The lowest BCUT2D eigenvalue weighted by Gasteiger charge is -2.14. The fraction of sp³-hybridized carbons (Fsp3) is 0.150. The van der Waals surface area contributed by atoms with Crippen LogP contribution in [0.25, 0.3) is 11.1 Å². The Labute approximate surface area is 150 Å². The third-order valence-electron chi connectivity index (χ3n) is 3.41. The van der Waals surface area contributed by atoms with Gasteiger partial charge in [0.25, 0.3) is 5.78 Å². The standard InChI is InChI=1S/C20H19F3N2O/c1-25(2)13-12-16(14-19(26)20(21,22)23)24-18-11-7-6-10-17(18)15-8-4-3-5-9-15/h3-14,24H,1-2H3. The highest BCUT2D eigenvalue weighted by Gasteiger charge is 2.36. The first kappa shape index (κ1) is 19.3. The zero-order valence-corrected chi connectivity index (χ0v) is 14.4. The number of allylic oxidation sites excluding steroid dienone is 2. The molecule has 0 saturated heterocycles. The van der Waals surface area contributed by atoms with E-state index in [1.54, 1.807) is 37.3 Å². The predicted octanol–water partition coefficient (Wildman–Crippen LogP) is 4.86. The zero-order chi connectivity index (χ0) is 19.2. The largest absolute Gasteiger partial charge is 0.454 e. The van der Waals surface area contributed by atoms with E-state index in [1.165, 1.54) is 6.08 Å². The van der Waals surface area contributed by atoms with Crippen molar-refractivity contribution >= 4 is 11.5 Å². The zero-order valence-electron chi connectivity index (χ0n) is 14.4. The van der Waals surface area contributed by atoms with E-state index >= 15 is 0 Å². The number of para-hydroxylation sites is 1. The SMILES string of the molecule is CN(C)C=CC(=CC(=O)C(F)(F)F)Nc1ccccc1-c1ccccc1. The number of carbonyl (C=O) groups excluding carboxylic acids is 1. The molecule has 0 heterocycles. The topological polar surface area (TPSA) is 32.3 Å². The van der Waals surface area contributed by atoms with Crippen LogP contribution in [0.5, 0.6) is 0 Å². The summed E-state index contributed by atoms with van der Waals surface area (Å²) in [6.07, 6.45) is -1.38. The number of halogens is 3. The van der Waals surface area contributed by atoms with Crippen molar-refractivity contribution in [1.29, 1.82) is 0 Å². The minimum Gasteiger partial charge on any atom is -0.383 e. The van der Waals surface area contributed by atoms with Gasteiger partial charge in [-0.05, 0) is 17.7 Å². The summed E-state index contributed by atoms with van der Waals surface area (Å²) in [5, 5.41) is 2.93. The molecule has 0 radical (unpaired) electrons. The highest BCUT2D eigenvalue weighted by Crippen LogP contribution is 2.29. The Kier molecular flexibility index (Phi) is 6.22. The lowest BCUT2D eigenvalue weighted by molar-refractivity contribution is -0.165. The van der Waals surface area contributed by atoms with Crippen LogP contribution in [0.1, 0.15) is 0 Å². The van der Waals surface area contributed by atoms with Crippen LogP contribution in [-0.2, 0) is 4.79 Å². The summed E-state index contributed by atoms with van der Waals surface area (Å²) in [7, 11) is 3.47. The second-order valence-corrected chi connectivity index (χ2v) is 5.78. The second kappa shape index (κ2) is 8.38. The van der Waals surface area contributed by atoms with Crippen molar-refractivity contribution in [3.63, 3.8) is 0 Å². The van der Waals surface area contributed by atoms with Crippen LogP contribution >= 0.6 is 0 Å². The Bertz CT molecular complexity index is 809. The van der Waals surface area contributed by atoms with Gasteiger partial charge in [0.1, 0.15) is 0 Å². The number of carbonyl (C=O) groups is 1. The van der Waals surface area contributed by atoms with Crippen molar-refractivity contribution in [2.45, 2.75) is 6.18 Å². The van der Waals surface area contributed by atoms with Crippen LogP contribution in [-0.4, -0.2) is 31.0 Å². The van der Waals surface area contributed by atoms with Gasteiger partial charge in [-0.2, -0.15) is 13.2 Å². The third-order valence-corrected chi connectivity index (χ3v) is 3.41. The van der Waals surface area contributed by atoms with Crippen molar-refractivity contribution in [3.8, 4) is 11.1 Å². The maximum absolute atomic E-state index is 12.6. The molecule has 1 N–H and O–H groups in total. The molecule has 6 heteroatoms. The number of benzene rings is 2. The monoisotopic (exact) mass is 360 g/mol. The minimum absolute atomic E-state index is 0.0457. The number of hydrogen-bond donors (Lipinski definition) is 1. The van der Waals surface area contributed by atoms with Gasteiger partial charge >= 0.3 is 6.18 Å². The van der Waals surface area contributed by atoms with Gasteiger partial charge in [-0.15, -0.1) is 0 Å². The quantitative estimate of drug-likeness (QED) is 0.590. The Hall–Kier alpha value is -3.02. The molecule has 3 nitrogen and oxygen atoms in total. The predicted molar refractivity (Wildman–Crippen MR) is 97.5 cm³/mol. The number of rotatable bonds is 6. The van der Waals surface area contributed by atoms with Crippen molar-refractivity contribution < 1.29 is 18.0 Å². The van der Waals surface area contributed by atoms with Crippen molar-refractivity contribution in [1.82, 2.24) is 4.90 Å². The normalized spacial score (nSPS) is 12.3. The fourth-order valence-corrected chi connectivity index (χ4v) is 2.20. The summed E-state index contributed by atoms with van der Waals surface area (Å²) < 4.78 is 37.9. The summed E-state index contributed by atoms with van der Waals surface area (Å²) in [6.45, 7) is 0. The van der Waals surface area contributed by atoms with Crippen LogP contribution in [0, 0.1) is 0 Å². The van der Waals surface area contributed by atoms with Gasteiger partial charge in [-0.1, -0.05) is 48.5 Å². The van der Waals surface area contributed by atoms with Crippen LogP contribution in [0.15, 0.2) is 78.6 Å². The van der Waals surface area contributed by atoms with Crippen molar-refractivity contribution in [3.05, 3.63) is 78.6 Å². The number of hydrogen-bond acceptors (Lipinski definition) is 3. The van der Waals surface area contributed by atoms with Crippen molar-refractivity contribution in [2.75, 3.05) is 19.4 Å². The molecule has 0 amide bonds. The molecule has 0 atom stereocenters. The lowest BCUT2D eigenvalue weighted by atomic mass is 10.0. The Morgan fingerprint density at radius 2 is 1.62 bits per heavy atom. The molecule has 0 fully saturated rings. The Morgan fingerprint density at radius 1 is 1.00 bits per heavy atom. The number of nitrogens with one attached hydrogen (secondary N) is 1. The molecular formula is C20H19F3N2O. The van der Waals surface area contributed by atoms with Crippen LogP contribution in [0.2, 0.25) is 0 Å². The molecule has 0 aliphatic rings. The van der Waals surface area contributed by atoms with Gasteiger partial charge < -0.3 is 10.2 Å². The smallest absolute Gasteiger partial charge is 0.383 e. The number of alkyl halides is 3. The van der Waals surface area contributed by atoms with Gasteiger partial charge in [0.2, 0.25) is 0 Å². The Morgan fingerprint density at radius 3 is 2.23 bits per heavy atom. The first-order valence-electron chi connectivity index (χ1n) is 7.86. The molecule has 0 spiro atoms. The average molecular weight is 360 g/mol. The van der Waals surface area contributed by atoms with Crippen LogP contribution < -0.4 is 5.32 Å². The number of nitrogens with zero attached hydrogens (tertiary/aromatic N) is 1. The summed E-state index contributed by atoms with van der Waals surface area (Å²) in [5.74, 6) is -1.92. The molecule has 0 aliphatic carbocycles. The summed E-state index contributed by atoms with van der Waals surface area (Å²) in [5.41, 5.74) is 2.37. The van der Waals surface area contributed by atoms with E-state index in [-0.39, 0.29) is 5.70 Å². The summed E-state index contributed by atoms with van der Waals surface area (Å²) in [6, 6.07) is 16.7. The highest BCUT2D eigenvalue weighted by atomic mass is 19.4. The number of anilines is 1. The fourth-order valence-electron chi connectivity index (χ4n) is 2.20. The van der Waals surface area contributed by atoms with Gasteiger partial charge in [-0.3, -0.25) is 4.79 Å². The molecule has 0 bridgehead atoms. The molecule has 2 aromatic carbocycles. The molecular weight excluding hydrogens is 341 g/mol. The number of ketones is 1. The van der Waals surface area contributed by atoms with E-state index in [9.17, 15) is 18.0 Å². The van der Waals surface area contributed by atoms with Gasteiger partial charge in [-0.25, -0.2) is 0 Å². The summed E-state index contributed by atoms with van der Waals surface area (Å²) >= 11 is 0. The maximum atomic E-state index is 12.6. The van der Waals surface area contributed by atoms with E-state index in [1.807, 2.05) is 42.5 Å². The molecule has 0 aromatic heterocycles. The van der Waals surface area contributed by atoms with E-state index in [0.29, 0.717) is 11.8 Å². The van der Waals surface area contributed by atoms with E-state index in [0.717, 1.165) is 11.1 Å². The Balaban J connectivity index is 2.41. The molecule has 2 rings (SSSR count). The highest BCUT2D eigenvalue weighted by molar-refractivity contribution is 5.96. The molecule has 0 aliphatic heterocycles.